The van der Waals surface area contributed by atoms with Gasteiger partial charge in [0, 0.05) is 0 Å². The highest BCUT2D eigenvalue weighted by molar-refractivity contribution is 5.07. The summed E-state index contributed by atoms with van der Waals surface area (Å²) in [7, 11) is 0. The number of aromatic nitrogens is 1. The quantitative estimate of drug-likeness (QED) is 0.833. The third kappa shape index (κ3) is 4.38. The van der Waals surface area contributed by atoms with Gasteiger partial charge in [0.05, 0.1) is 18.0 Å². The molecule has 3 heteroatoms. The Morgan fingerprint density at radius 3 is 2.53 bits per heavy atom. The van der Waals surface area contributed by atoms with Gasteiger partial charge in [-0.25, -0.2) is 4.39 Å². The SMILES string of the molecule is CC(C)(C)CCC(O)c1ccc(F)cn1. The standard InChI is InChI=1S/C12H18FNO/c1-12(2,3)7-6-11(15)10-5-4-9(13)8-14-10/h4-5,8,11,15H,6-7H2,1-3H3. The van der Waals surface area contributed by atoms with Crippen LogP contribution < -0.4 is 0 Å². The summed E-state index contributed by atoms with van der Waals surface area (Å²) in [6.07, 6.45) is 2.11. The molecule has 1 rings (SSSR count). The summed E-state index contributed by atoms with van der Waals surface area (Å²) < 4.78 is 12.6. The molecule has 0 bridgehead atoms. The van der Waals surface area contributed by atoms with Crippen LogP contribution in [0.4, 0.5) is 4.39 Å². The summed E-state index contributed by atoms with van der Waals surface area (Å²) in [5.41, 5.74) is 0.738. The van der Waals surface area contributed by atoms with Gasteiger partial charge in [-0.3, -0.25) is 4.98 Å². The Kier molecular flexibility index (Phi) is 3.80. The topological polar surface area (TPSA) is 33.1 Å². The average Bonchev–Trinajstić information content (AvgIpc) is 2.14. The lowest BCUT2D eigenvalue weighted by Gasteiger charge is -2.19. The van der Waals surface area contributed by atoms with Crippen LogP contribution in [0.25, 0.3) is 0 Å². The van der Waals surface area contributed by atoms with Crippen molar-refractivity contribution in [1.29, 1.82) is 0 Å². The Morgan fingerprint density at radius 2 is 2.07 bits per heavy atom. The number of aliphatic hydroxyl groups excluding tert-OH is 1. The van der Waals surface area contributed by atoms with Crippen LogP contribution >= 0.6 is 0 Å². The van der Waals surface area contributed by atoms with Crippen LogP contribution in [0.2, 0.25) is 0 Å². The van der Waals surface area contributed by atoms with Crippen molar-refractivity contribution >= 4 is 0 Å². The van der Waals surface area contributed by atoms with Crippen molar-refractivity contribution in [2.45, 2.75) is 39.7 Å². The van der Waals surface area contributed by atoms with Crippen LogP contribution in [0.1, 0.15) is 45.4 Å². The van der Waals surface area contributed by atoms with Gasteiger partial charge in [0.1, 0.15) is 5.82 Å². The van der Waals surface area contributed by atoms with E-state index in [1.54, 1.807) is 0 Å². The minimum absolute atomic E-state index is 0.195. The summed E-state index contributed by atoms with van der Waals surface area (Å²) in [5, 5.41) is 9.79. The van der Waals surface area contributed by atoms with Crippen molar-refractivity contribution in [1.82, 2.24) is 4.98 Å². The van der Waals surface area contributed by atoms with Crippen molar-refractivity contribution in [2.24, 2.45) is 5.41 Å². The van der Waals surface area contributed by atoms with Gasteiger partial charge in [0.15, 0.2) is 0 Å². The summed E-state index contributed by atoms with van der Waals surface area (Å²) in [6, 6.07) is 2.85. The van der Waals surface area contributed by atoms with Gasteiger partial charge in [0.25, 0.3) is 0 Å². The second kappa shape index (κ2) is 4.71. The highest BCUT2D eigenvalue weighted by atomic mass is 19.1. The monoisotopic (exact) mass is 211 g/mol. The maximum absolute atomic E-state index is 12.6. The molecule has 84 valence electrons. The van der Waals surface area contributed by atoms with Gasteiger partial charge in [-0.05, 0) is 30.4 Å². The van der Waals surface area contributed by atoms with Gasteiger partial charge in [-0.2, -0.15) is 0 Å². The molecule has 0 spiro atoms. The van der Waals surface area contributed by atoms with Crippen molar-refractivity contribution in [3.63, 3.8) is 0 Å². The molecule has 1 unspecified atom stereocenters. The van der Waals surface area contributed by atoms with E-state index in [0.717, 1.165) is 12.6 Å². The Morgan fingerprint density at radius 1 is 1.40 bits per heavy atom. The normalized spacial score (nSPS) is 13.9. The molecular formula is C12H18FNO. The maximum Gasteiger partial charge on any atom is 0.141 e. The van der Waals surface area contributed by atoms with Crippen LogP contribution in [0.5, 0.6) is 0 Å². The maximum atomic E-state index is 12.6. The zero-order valence-corrected chi connectivity index (χ0v) is 9.50. The summed E-state index contributed by atoms with van der Waals surface area (Å²) >= 11 is 0. The Balaban J connectivity index is 2.54. The van der Waals surface area contributed by atoms with Crippen LogP contribution in [-0.2, 0) is 0 Å². The van der Waals surface area contributed by atoms with E-state index in [2.05, 4.69) is 25.8 Å². The average molecular weight is 211 g/mol. The molecule has 0 fully saturated rings. The summed E-state index contributed by atoms with van der Waals surface area (Å²) in [6.45, 7) is 6.37. The van der Waals surface area contributed by atoms with E-state index in [4.69, 9.17) is 0 Å². The molecule has 0 saturated carbocycles. The molecule has 0 amide bonds. The predicted octanol–water partition coefficient (Wildman–Crippen LogP) is 3.08. The first-order chi connectivity index (χ1) is 6.88. The Hall–Kier alpha value is -0.960. The fraction of sp³-hybridized carbons (Fsp3) is 0.583. The zero-order valence-electron chi connectivity index (χ0n) is 9.50. The molecule has 0 aromatic carbocycles. The molecule has 15 heavy (non-hydrogen) atoms. The smallest absolute Gasteiger partial charge is 0.141 e. The van der Waals surface area contributed by atoms with E-state index in [0.29, 0.717) is 12.1 Å². The van der Waals surface area contributed by atoms with Gasteiger partial charge in [-0.1, -0.05) is 20.8 Å². The fourth-order valence-corrected chi connectivity index (χ4v) is 1.30. The second-order valence-electron chi connectivity index (χ2n) is 5.02. The predicted molar refractivity (Wildman–Crippen MR) is 57.8 cm³/mol. The van der Waals surface area contributed by atoms with E-state index in [9.17, 15) is 9.50 Å². The lowest BCUT2D eigenvalue weighted by Crippen LogP contribution is -2.09. The van der Waals surface area contributed by atoms with Crippen molar-refractivity contribution in [3.8, 4) is 0 Å². The number of rotatable bonds is 3. The molecule has 1 aromatic heterocycles. The number of halogens is 1. The van der Waals surface area contributed by atoms with Crippen molar-refractivity contribution in [2.75, 3.05) is 0 Å². The minimum atomic E-state index is -0.593. The van der Waals surface area contributed by atoms with E-state index < -0.39 is 6.10 Å². The number of aliphatic hydroxyl groups is 1. The molecule has 0 radical (unpaired) electrons. The molecule has 1 N–H and O–H groups in total. The van der Waals surface area contributed by atoms with Gasteiger partial charge >= 0.3 is 0 Å². The Labute approximate surface area is 90.2 Å². The van der Waals surface area contributed by atoms with E-state index in [-0.39, 0.29) is 11.2 Å². The highest BCUT2D eigenvalue weighted by Crippen LogP contribution is 2.26. The van der Waals surface area contributed by atoms with Crippen LogP contribution in [0.15, 0.2) is 18.3 Å². The number of hydrogen-bond acceptors (Lipinski definition) is 2. The van der Waals surface area contributed by atoms with Crippen molar-refractivity contribution in [3.05, 3.63) is 29.8 Å². The van der Waals surface area contributed by atoms with Crippen molar-refractivity contribution < 1.29 is 9.50 Å². The fourth-order valence-electron chi connectivity index (χ4n) is 1.30. The van der Waals surface area contributed by atoms with E-state index >= 15 is 0 Å². The minimum Gasteiger partial charge on any atom is -0.387 e. The lowest BCUT2D eigenvalue weighted by molar-refractivity contribution is 0.143. The molecule has 2 nitrogen and oxygen atoms in total. The first-order valence-electron chi connectivity index (χ1n) is 5.18. The van der Waals surface area contributed by atoms with E-state index in [1.807, 2.05) is 0 Å². The molecule has 0 aliphatic carbocycles. The first-order valence-corrected chi connectivity index (χ1v) is 5.18. The third-order valence-corrected chi connectivity index (χ3v) is 2.26. The van der Waals surface area contributed by atoms with Crippen LogP contribution in [0.3, 0.4) is 0 Å². The zero-order chi connectivity index (χ0) is 11.5. The largest absolute Gasteiger partial charge is 0.387 e. The molecule has 1 aromatic rings. The third-order valence-electron chi connectivity index (χ3n) is 2.26. The molecule has 0 aliphatic rings. The summed E-state index contributed by atoms with van der Waals surface area (Å²) in [4.78, 5) is 3.85. The van der Waals surface area contributed by atoms with Crippen LogP contribution in [-0.4, -0.2) is 10.1 Å². The number of nitrogens with zero attached hydrogens (tertiary/aromatic N) is 1. The van der Waals surface area contributed by atoms with E-state index in [1.165, 1.54) is 12.1 Å². The molecule has 1 atom stereocenters. The van der Waals surface area contributed by atoms with Gasteiger partial charge in [-0.15, -0.1) is 0 Å². The van der Waals surface area contributed by atoms with Crippen LogP contribution in [0, 0.1) is 11.2 Å². The lowest BCUT2D eigenvalue weighted by atomic mass is 9.89. The molecule has 1 heterocycles. The van der Waals surface area contributed by atoms with Gasteiger partial charge < -0.3 is 5.11 Å². The molecule has 0 saturated heterocycles. The Bertz CT molecular complexity index is 302. The number of hydrogen-bond donors (Lipinski definition) is 1. The molecular weight excluding hydrogens is 193 g/mol. The summed E-state index contributed by atoms with van der Waals surface area (Å²) in [5.74, 6) is -0.373. The van der Waals surface area contributed by atoms with Gasteiger partial charge in [0.2, 0.25) is 0 Å². The highest BCUT2D eigenvalue weighted by Gasteiger charge is 2.15. The first kappa shape index (κ1) is 12.1. The second-order valence-corrected chi connectivity index (χ2v) is 5.02. The molecule has 0 aliphatic heterocycles. The number of pyridine rings is 1.